The van der Waals surface area contributed by atoms with Crippen molar-refractivity contribution in [1.82, 2.24) is 0 Å². The van der Waals surface area contributed by atoms with Gasteiger partial charge in [0.2, 0.25) is 0 Å². The fourth-order valence-electron chi connectivity index (χ4n) is 1.78. The third-order valence-electron chi connectivity index (χ3n) is 2.69. The maximum absolute atomic E-state index is 13.2. The third kappa shape index (κ3) is 1.42. The fraction of sp³-hybridized carbons (Fsp3) is 0.667. The first kappa shape index (κ1) is 11.4. The van der Waals surface area contributed by atoms with Gasteiger partial charge in [-0.25, -0.2) is 8.78 Å². The SMILES string of the molecule is [B][C@@H]1C[C@](C=C=C)(CO)[C@H](O)C1(F)F. The van der Waals surface area contributed by atoms with Crippen molar-refractivity contribution in [2.24, 2.45) is 5.41 Å². The zero-order valence-corrected chi connectivity index (χ0v) is 7.58. The van der Waals surface area contributed by atoms with Gasteiger partial charge in [-0.2, -0.15) is 0 Å². The Morgan fingerprint density at radius 1 is 1.64 bits per heavy atom. The Morgan fingerprint density at radius 2 is 2.21 bits per heavy atom. The molecule has 0 aromatic carbocycles. The summed E-state index contributed by atoms with van der Waals surface area (Å²) >= 11 is 0. The summed E-state index contributed by atoms with van der Waals surface area (Å²) in [5.74, 6) is -4.83. The minimum atomic E-state index is -3.38. The second-order valence-electron chi connectivity index (χ2n) is 3.63. The van der Waals surface area contributed by atoms with Crippen molar-refractivity contribution in [3.05, 3.63) is 18.4 Å². The topological polar surface area (TPSA) is 40.5 Å². The van der Waals surface area contributed by atoms with E-state index in [1.54, 1.807) is 0 Å². The van der Waals surface area contributed by atoms with Gasteiger partial charge in [0.1, 0.15) is 6.10 Å². The van der Waals surface area contributed by atoms with Crippen LogP contribution in [-0.4, -0.2) is 36.7 Å². The Morgan fingerprint density at radius 3 is 2.50 bits per heavy atom. The van der Waals surface area contributed by atoms with Crippen LogP contribution in [0.5, 0.6) is 0 Å². The highest BCUT2D eigenvalue weighted by atomic mass is 19.3. The molecule has 2 N–H and O–H groups in total. The van der Waals surface area contributed by atoms with Crippen LogP contribution in [0.15, 0.2) is 18.4 Å². The number of hydrogen-bond acceptors (Lipinski definition) is 2. The largest absolute Gasteiger partial charge is 0.395 e. The second kappa shape index (κ2) is 3.50. The van der Waals surface area contributed by atoms with Crippen molar-refractivity contribution >= 4 is 7.85 Å². The standard InChI is InChI=1S/C9H11BF2O2/c1-2-3-8(5-13)4-6(10)9(11,12)7(8)14/h3,6-7,13-14H,1,4-5H2/t6-,7+,8-/m1/s1. The number of alkyl halides is 2. The Kier molecular flexibility index (Phi) is 2.86. The molecule has 76 valence electrons. The van der Waals surface area contributed by atoms with Crippen LogP contribution in [0.4, 0.5) is 8.78 Å². The van der Waals surface area contributed by atoms with E-state index in [4.69, 9.17) is 13.0 Å². The average Bonchev–Trinajstić information content (AvgIpc) is 2.29. The summed E-state index contributed by atoms with van der Waals surface area (Å²) in [7, 11) is 5.20. The Balaban J connectivity index is 3.09. The van der Waals surface area contributed by atoms with Crippen LogP contribution < -0.4 is 0 Å². The summed E-state index contributed by atoms with van der Waals surface area (Å²) in [5, 5.41) is 18.4. The Hall–Kier alpha value is -0.635. The third-order valence-corrected chi connectivity index (χ3v) is 2.69. The van der Waals surface area contributed by atoms with Gasteiger partial charge in [0.15, 0.2) is 0 Å². The molecule has 0 unspecified atom stereocenters. The Labute approximate surface area is 82.3 Å². The molecule has 3 atom stereocenters. The van der Waals surface area contributed by atoms with Gasteiger partial charge >= 0.3 is 0 Å². The monoisotopic (exact) mass is 200 g/mol. The molecule has 0 saturated heterocycles. The smallest absolute Gasteiger partial charge is 0.269 e. The van der Waals surface area contributed by atoms with Gasteiger partial charge in [-0.3, -0.25) is 0 Å². The molecule has 0 spiro atoms. The predicted octanol–water partition coefficient (Wildman–Crippen LogP) is 0.663. The highest BCUT2D eigenvalue weighted by molar-refractivity contribution is 6.12. The molecule has 1 saturated carbocycles. The van der Waals surface area contributed by atoms with Gasteiger partial charge in [0.25, 0.3) is 5.92 Å². The quantitative estimate of drug-likeness (QED) is 0.507. The van der Waals surface area contributed by atoms with Crippen LogP contribution in [0.2, 0.25) is 5.82 Å². The summed E-state index contributed by atoms with van der Waals surface area (Å²) in [6, 6.07) is 0. The predicted molar refractivity (Wildman–Crippen MR) is 48.3 cm³/mol. The molecule has 1 aliphatic rings. The first-order valence-electron chi connectivity index (χ1n) is 4.20. The lowest BCUT2D eigenvalue weighted by Crippen LogP contribution is -2.41. The van der Waals surface area contributed by atoms with E-state index < -0.39 is 29.9 Å². The zero-order valence-electron chi connectivity index (χ0n) is 7.58. The number of aliphatic hydroxyl groups is 2. The minimum absolute atomic E-state index is 0.180. The van der Waals surface area contributed by atoms with Crippen molar-refractivity contribution in [2.75, 3.05) is 6.61 Å². The maximum Gasteiger partial charge on any atom is 0.269 e. The van der Waals surface area contributed by atoms with Gasteiger partial charge in [-0.15, -0.1) is 5.73 Å². The van der Waals surface area contributed by atoms with Crippen molar-refractivity contribution in [2.45, 2.75) is 24.3 Å². The molecule has 2 nitrogen and oxygen atoms in total. The van der Waals surface area contributed by atoms with Gasteiger partial charge in [-0.1, -0.05) is 6.58 Å². The number of hydrogen-bond donors (Lipinski definition) is 2. The summed E-state index contributed by atoms with van der Waals surface area (Å²) in [4.78, 5) is 0. The van der Waals surface area contributed by atoms with E-state index in [0.717, 1.165) is 0 Å². The first-order valence-corrected chi connectivity index (χ1v) is 4.20. The van der Waals surface area contributed by atoms with Crippen molar-refractivity contribution in [3.8, 4) is 0 Å². The molecule has 0 heterocycles. The van der Waals surface area contributed by atoms with E-state index in [1.165, 1.54) is 6.08 Å². The van der Waals surface area contributed by atoms with Crippen LogP contribution in [0.1, 0.15) is 6.42 Å². The normalized spacial score (nSPS) is 40.6. The van der Waals surface area contributed by atoms with Crippen molar-refractivity contribution < 1.29 is 19.0 Å². The molecule has 1 fully saturated rings. The van der Waals surface area contributed by atoms with E-state index in [-0.39, 0.29) is 6.42 Å². The Bertz CT molecular complexity index is 276. The zero-order chi connectivity index (χ0) is 11.0. The van der Waals surface area contributed by atoms with Crippen LogP contribution in [-0.2, 0) is 0 Å². The molecule has 14 heavy (non-hydrogen) atoms. The lowest BCUT2D eigenvalue weighted by Gasteiger charge is -2.27. The maximum atomic E-state index is 13.2. The molecular weight excluding hydrogens is 189 g/mol. The highest BCUT2D eigenvalue weighted by Gasteiger charge is 2.60. The van der Waals surface area contributed by atoms with Gasteiger partial charge in [0.05, 0.1) is 19.9 Å². The summed E-state index contributed by atoms with van der Waals surface area (Å²) in [5.41, 5.74) is 0.894. The van der Waals surface area contributed by atoms with E-state index in [0.29, 0.717) is 0 Å². The fourth-order valence-corrected chi connectivity index (χ4v) is 1.78. The molecule has 0 aromatic rings. The number of aliphatic hydroxyl groups excluding tert-OH is 2. The van der Waals surface area contributed by atoms with E-state index in [9.17, 15) is 13.9 Å². The van der Waals surface area contributed by atoms with Crippen LogP contribution in [0.3, 0.4) is 0 Å². The molecule has 0 aromatic heterocycles. The molecule has 2 radical (unpaired) electrons. The van der Waals surface area contributed by atoms with Gasteiger partial charge in [-0.05, 0) is 18.3 Å². The molecule has 1 aliphatic carbocycles. The summed E-state index contributed by atoms with van der Waals surface area (Å²) in [6.07, 6.45) is -0.997. The molecule has 1 rings (SSSR count). The summed E-state index contributed by atoms with van der Waals surface area (Å²) < 4.78 is 26.4. The average molecular weight is 200 g/mol. The molecule has 0 amide bonds. The molecular formula is C9H11BF2O2. The van der Waals surface area contributed by atoms with Crippen LogP contribution in [0.25, 0.3) is 0 Å². The number of rotatable bonds is 2. The molecule has 0 aliphatic heterocycles. The number of halogens is 2. The van der Waals surface area contributed by atoms with E-state index in [1.807, 2.05) is 0 Å². The van der Waals surface area contributed by atoms with Gasteiger partial charge in [0, 0.05) is 0 Å². The van der Waals surface area contributed by atoms with E-state index in [2.05, 4.69) is 12.3 Å². The van der Waals surface area contributed by atoms with E-state index >= 15 is 0 Å². The minimum Gasteiger partial charge on any atom is -0.395 e. The highest BCUT2D eigenvalue weighted by Crippen LogP contribution is 2.53. The molecule has 0 bridgehead atoms. The van der Waals surface area contributed by atoms with Crippen molar-refractivity contribution in [3.63, 3.8) is 0 Å². The molecule has 5 heteroatoms. The van der Waals surface area contributed by atoms with Crippen LogP contribution in [0, 0.1) is 5.41 Å². The lowest BCUT2D eigenvalue weighted by molar-refractivity contribution is -0.117. The van der Waals surface area contributed by atoms with Crippen molar-refractivity contribution in [1.29, 1.82) is 0 Å². The summed E-state index contributed by atoms with van der Waals surface area (Å²) in [6.45, 7) is 2.64. The lowest BCUT2D eigenvalue weighted by atomic mass is 9.79. The second-order valence-corrected chi connectivity index (χ2v) is 3.63. The van der Waals surface area contributed by atoms with Crippen LogP contribution >= 0.6 is 0 Å². The van der Waals surface area contributed by atoms with Gasteiger partial charge < -0.3 is 10.2 Å². The first-order chi connectivity index (χ1) is 6.40.